The van der Waals surface area contributed by atoms with Gasteiger partial charge < -0.3 is 14.7 Å². The summed E-state index contributed by atoms with van der Waals surface area (Å²) in [6.07, 6.45) is 0.0950. The Morgan fingerprint density at radius 1 is 1.50 bits per heavy atom. The molecule has 1 N–H and O–H groups in total. The minimum Gasteiger partial charge on any atom is -0.481 e. The summed E-state index contributed by atoms with van der Waals surface area (Å²) in [5.41, 5.74) is -0.423. The van der Waals surface area contributed by atoms with E-state index in [1.165, 1.54) is 4.90 Å². The molecule has 1 unspecified atom stereocenters. The second-order valence-electron chi connectivity index (χ2n) is 4.31. The highest BCUT2D eigenvalue weighted by Crippen LogP contribution is 2.15. The molecular weight excluding hydrogens is 274 g/mol. The Morgan fingerprint density at radius 2 is 2.25 bits per heavy atom. The molecule has 1 atom stereocenters. The molecule has 20 heavy (non-hydrogen) atoms. The van der Waals surface area contributed by atoms with E-state index in [1.807, 2.05) is 0 Å². The third-order valence-corrected chi connectivity index (χ3v) is 2.91. The van der Waals surface area contributed by atoms with Crippen molar-refractivity contribution in [3.63, 3.8) is 0 Å². The molecule has 0 aliphatic carbocycles. The summed E-state index contributed by atoms with van der Waals surface area (Å²) in [5.74, 6) is -4.40. The highest BCUT2D eigenvalue weighted by molar-refractivity contribution is 5.94. The van der Waals surface area contributed by atoms with Gasteiger partial charge in [-0.05, 0) is 6.07 Å². The summed E-state index contributed by atoms with van der Waals surface area (Å²) in [6.45, 7) is 0.367. The molecule has 0 spiro atoms. The van der Waals surface area contributed by atoms with Crippen molar-refractivity contribution in [1.82, 2.24) is 9.88 Å². The third kappa shape index (κ3) is 3.08. The number of aromatic nitrogens is 1. The van der Waals surface area contributed by atoms with E-state index in [4.69, 9.17) is 9.84 Å². The van der Waals surface area contributed by atoms with Crippen molar-refractivity contribution in [2.45, 2.75) is 12.5 Å². The Morgan fingerprint density at radius 3 is 2.95 bits per heavy atom. The molecule has 108 valence electrons. The molecule has 1 amide bonds. The number of aliphatic carboxylic acids is 1. The fourth-order valence-corrected chi connectivity index (χ4v) is 1.98. The largest absolute Gasteiger partial charge is 0.481 e. The third-order valence-electron chi connectivity index (χ3n) is 2.91. The van der Waals surface area contributed by atoms with E-state index in [1.54, 1.807) is 0 Å². The second-order valence-corrected chi connectivity index (χ2v) is 4.31. The van der Waals surface area contributed by atoms with Crippen LogP contribution in [0.3, 0.4) is 0 Å². The smallest absolute Gasteiger partial charge is 0.306 e. The minimum atomic E-state index is -1.34. The summed E-state index contributed by atoms with van der Waals surface area (Å²) in [5, 5.41) is 8.69. The molecule has 1 aliphatic rings. The number of pyridine rings is 1. The van der Waals surface area contributed by atoms with Crippen molar-refractivity contribution in [1.29, 1.82) is 0 Å². The number of rotatable bonds is 3. The number of nitrogens with zero attached hydrogens (tertiary/aromatic N) is 2. The molecule has 0 radical (unpaired) electrons. The van der Waals surface area contributed by atoms with Crippen LogP contribution in [0.1, 0.15) is 16.8 Å². The number of carbonyl (C=O) groups is 2. The molecule has 2 rings (SSSR count). The number of hydrogen-bond acceptors (Lipinski definition) is 4. The number of carbonyl (C=O) groups excluding carboxylic acids is 1. The monoisotopic (exact) mass is 286 g/mol. The quantitative estimate of drug-likeness (QED) is 0.826. The first-order valence-electron chi connectivity index (χ1n) is 5.91. The van der Waals surface area contributed by atoms with Crippen molar-refractivity contribution in [3.05, 3.63) is 29.6 Å². The average molecular weight is 286 g/mol. The number of amides is 1. The van der Waals surface area contributed by atoms with Crippen LogP contribution in [-0.2, 0) is 9.53 Å². The highest BCUT2D eigenvalue weighted by atomic mass is 19.2. The van der Waals surface area contributed by atoms with Gasteiger partial charge in [-0.3, -0.25) is 9.59 Å². The SMILES string of the molecule is O=C(O)CC1CN(C(=O)c2ccnc(F)c2F)CCO1. The van der Waals surface area contributed by atoms with Crippen LogP contribution in [0.5, 0.6) is 0 Å². The number of halogens is 2. The number of morpholine rings is 1. The molecule has 0 saturated carbocycles. The van der Waals surface area contributed by atoms with Crippen molar-refractivity contribution < 1.29 is 28.2 Å². The molecule has 1 aromatic rings. The summed E-state index contributed by atoms with van der Waals surface area (Å²) in [4.78, 5) is 27.1. The van der Waals surface area contributed by atoms with Gasteiger partial charge in [-0.25, -0.2) is 9.37 Å². The Kier molecular flexibility index (Phi) is 4.23. The van der Waals surface area contributed by atoms with E-state index in [0.29, 0.717) is 0 Å². The maximum absolute atomic E-state index is 13.5. The van der Waals surface area contributed by atoms with Gasteiger partial charge in [-0.2, -0.15) is 4.39 Å². The predicted octanol–water partition coefficient (Wildman–Crippen LogP) is 0.675. The Hall–Kier alpha value is -2.09. The number of ether oxygens (including phenoxy) is 1. The van der Waals surface area contributed by atoms with Crippen molar-refractivity contribution in [3.8, 4) is 0 Å². The van der Waals surface area contributed by atoms with Gasteiger partial charge in [0.25, 0.3) is 5.91 Å². The summed E-state index contributed by atoms with van der Waals surface area (Å²) < 4.78 is 31.7. The average Bonchev–Trinajstić information content (AvgIpc) is 2.41. The van der Waals surface area contributed by atoms with Crippen molar-refractivity contribution in [2.24, 2.45) is 0 Å². The van der Waals surface area contributed by atoms with Gasteiger partial charge in [-0.15, -0.1) is 0 Å². The number of carboxylic acid groups (broad SMARTS) is 1. The van der Waals surface area contributed by atoms with E-state index < -0.39 is 35.3 Å². The lowest BCUT2D eigenvalue weighted by molar-refractivity contribution is -0.141. The lowest BCUT2D eigenvalue weighted by Gasteiger charge is -2.32. The standard InChI is InChI=1S/C12H12F2N2O4/c13-10-8(1-2-15-11(10)14)12(19)16-3-4-20-7(6-16)5-9(17)18/h1-2,7H,3-6H2,(H,17,18). The minimum absolute atomic E-state index is 0.0223. The molecular formula is C12H12F2N2O4. The highest BCUT2D eigenvalue weighted by Gasteiger charge is 2.28. The Bertz CT molecular complexity index is 538. The zero-order chi connectivity index (χ0) is 14.7. The summed E-state index contributed by atoms with van der Waals surface area (Å²) in [6, 6.07) is 1.09. The van der Waals surface area contributed by atoms with Crippen LogP contribution in [0, 0.1) is 11.8 Å². The maximum Gasteiger partial charge on any atom is 0.306 e. The van der Waals surface area contributed by atoms with E-state index in [9.17, 15) is 18.4 Å². The first-order valence-corrected chi connectivity index (χ1v) is 5.91. The van der Waals surface area contributed by atoms with Crippen LogP contribution in [0.25, 0.3) is 0 Å². The topological polar surface area (TPSA) is 79.7 Å². The number of carboxylic acids is 1. The van der Waals surface area contributed by atoms with Crippen molar-refractivity contribution >= 4 is 11.9 Å². The second kappa shape index (κ2) is 5.91. The van der Waals surface area contributed by atoms with Gasteiger partial charge in [0.2, 0.25) is 5.95 Å². The van der Waals surface area contributed by atoms with E-state index >= 15 is 0 Å². The molecule has 8 heteroatoms. The van der Waals surface area contributed by atoms with E-state index in [-0.39, 0.29) is 26.1 Å². The van der Waals surface area contributed by atoms with Gasteiger partial charge in [0.15, 0.2) is 5.82 Å². The van der Waals surface area contributed by atoms with Crippen LogP contribution in [0.4, 0.5) is 8.78 Å². The van der Waals surface area contributed by atoms with Gasteiger partial charge in [0.1, 0.15) is 0 Å². The van der Waals surface area contributed by atoms with E-state index in [0.717, 1.165) is 12.3 Å². The Balaban J connectivity index is 2.12. The van der Waals surface area contributed by atoms with Gasteiger partial charge in [0, 0.05) is 19.3 Å². The molecule has 0 bridgehead atoms. The maximum atomic E-state index is 13.5. The molecule has 1 fully saturated rings. The van der Waals surface area contributed by atoms with Crippen molar-refractivity contribution in [2.75, 3.05) is 19.7 Å². The molecule has 1 saturated heterocycles. The molecule has 6 nitrogen and oxygen atoms in total. The van der Waals surface area contributed by atoms with Gasteiger partial charge >= 0.3 is 5.97 Å². The first kappa shape index (κ1) is 14.3. The lowest BCUT2D eigenvalue weighted by atomic mass is 10.1. The normalized spacial score (nSPS) is 18.9. The summed E-state index contributed by atoms with van der Waals surface area (Å²) in [7, 11) is 0. The van der Waals surface area contributed by atoms with Gasteiger partial charge in [0.05, 0.1) is 24.7 Å². The number of hydrogen-bond donors (Lipinski definition) is 1. The van der Waals surface area contributed by atoms with Crippen LogP contribution in [-0.4, -0.2) is 52.7 Å². The van der Waals surface area contributed by atoms with Gasteiger partial charge in [-0.1, -0.05) is 0 Å². The van der Waals surface area contributed by atoms with Crippen LogP contribution < -0.4 is 0 Å². The first-order chi connectivity index (χ1) is 9.49. The fourth-order valence-electron chi connectivity index (χ4n) is 1.98. The fraction of sp³-hybridized carbons (Fsp3) is 0.417. The van der Waals surface area contributed by atoms with Crippen LogP contribution in [0.15, 0.2) is 12.3 Å². The van der Waals surface area contributed by atoms with Crippen LogP contribution >= 0.6 is 0 Å². The summed E-state index contributed by atoms with van der Waals surface area (Å²) >= 11 is 0. The predicted molar refractivity (Wildman–Crippen MR) is 62.0 cm³/mol. The molecule has 1 aromatic heterocycles. The zero-order valence-electron chi connectivity index (χ0n) is 10.4. The van der Waals surface area contributed by atoms with Crippen LogP contribution in [0.2, 0.25) is 0 Å². The molecule has 0 aromatic carbocycles. The molecule has 2 heterocycles. The lowest BCUT2D eigenvalue weighted by Crippen LogP contribution is -2.46. The van der Waals surface area contributed by atoms with E-state index in [2.05, 4.69) is 4.98 Å². The molecule has 1 aliphatic heterocycles. The zero-order valence-corrected chi connectivity index (χ0v) is 10.4. The Labute approximate surface area is 113 Å².